The van der Waals surface area contributed by atoms with E-state index in [1.165, 1.54) is 0 Å². The highest BCUT2D eigenvalue weighted by molar-refractivity contribution is 5.92. The van der Waals surface area contributed by atoms with Gasteiger partial charge in [-0.2, -0.15) is 5.10 Å². The van der Waals surface area contributed by atoms with Crippen LogP contribution >= 0.6 is 0 Å². The molecule has 1 fully saturated rings. The SMILES string of the molecule is CC(C)Cc1cc(C(=O)N2CC[C@H](N)C2)n[nH]1. The summed E-state index contributed by atoms with van der Waals surface area (Å²) in [5.41, 5.74) is 7.32. The molecule has 2 rings (SSSR count). The Balaban J connectivity index is 2.02. The summed E-state index contributed by atoms with van der Waals surface area (Å²) >= 11 is 0. The van der Waals surface area contributed by atoms with Gasteiger partial charge < -0.3 is 10.6 Å². The number of nitrogens with two attached hydrogens (primary N) is 1. The first-order valence-electron chi connectivity index (χ1n) is 6.15. The number of hydrogen-bond acceptors (Lipinski definition) is 3. The van der Waals surface area contributed by atoms with E-state index in [1.807, 2.05) is 6.07 Å². The lowest BCUT2D eigenvalue weighted by atomic mass is 10.1. The van der Waals surface area contributed by atoms with Gasteiger partial charge in [0.25, 0.3) is 5.91 Å². The summed E-state index contributed by atoms with van der Waals surface area (Å²) in [6, 6.07) is 1.97. The summed E-state index contributed by atoms with van der Waals surface area (Å²) < 4.78 is 0. The lowest BCUT2D eigenvalue weighted by Crippen LogP contribution is -2.32. The Morgan fingerprint density at radius 3 is 3.06 bits per heavy atom. The summed E-state index contributed by atoms with van der Waals surface area (Å²) in [6.07, 6.45) is 1.80. The quantitative estimate of drug-likeness (QED) is 0.814. The average molecular weight is 236 g/mol. The van der Waals surface area contributed by atoms with Gasteiger partial charge in [0.2, 0.25) is 0 Å². The minimum absolute atomic E-state index is 0.00999. The first-order chi connectivity index (χ1) is 8.06. The maximum Gasteiger partial charge on any atom is 0.274 e. The molecule has 5 nitrogen and oxygen atoms in total. The van der Waals surface area contributed by atoms with Crippen molar-refractivity contribution in [3.63, 3.8) is 0 Å². The second-order valence-electron chi connectivity index (χ2n) is 5.18. The van der Waals surface area contributed by atoms with E-state index in [-0.39, 0.29) is 11.9 Å². The molecule has 1 aromatic heterocycles. The Bertz CT molecular complexity index is 399. The molecular formula is C12H20N4O. The Morgan fingerprint density at radius 1 is 1.71 bits per heavy atom. The van der Waals surface area contributed by atoms with Crippen molar-refractivity contribution in [2.45, 2.75) is 32.7 Å². The molecule has 0 spiro atoms. The third-order valence-electron chi connectivity index (χ3n) is 2.99. The van der Waals surface area contributed by atoms with Crippen molar-refractivity contribution in [1.82, 2.24) is 15.1 Å². The van der Waals surface area contributed by atoms with Crippen molar-refractivity contribution in [1.29, 1.82) is 0 Å². The minimum atomic E-state index is -0.00999. The molecule has 1 aromatic rings. The molecule has 0 saturated carbocycles. The molecule has 1 aliphatic heterocycles. The number of carbonyl (C=O) groups is 1. The topological polar surface area (TPSA) is 75.0 Å². The largest absolute Gasteiger partial charge is 0.336 e. The molecule has 1 aliphatic rings. The summed E-state index contributed by atoms with van der Waals surface area (Å²) in [5, 5.41) is 7.01. The molecule has 5 heteroatoms. The number of aromatic nitrogens is 2. The normalized spacial score (nSPS) is 20.2. The first kappa shape index (κ1) is 12.1. The highest BCUT2D eigenvalue weighted by Gasteiger charge is 2.25. The van der Waals surface area contributed by atoms with Crippen LogP contribution in [0.25, 0.3) is 0 Å². The molecule has 3 N–H and O–H groups in total. The van der Waals surface area contributed by atoms with Crippen LogP contribution in [-0.2, 0) is 6.42 Å². The fourth-order valence-corrected chi connectivity index (χ4v) is 2.15. The van der Waals surface area contributed by atoms with Crippen LogP contribution in [0.15, 0.2) is 6.07 Å². The van der Waals surface area contributed by atoms with Crippen LogP contribution in [0.2, 0.25) is 0 Å². The van der Waals surface area contributed by atoms with Crippen molar-refractivity contribution in [2.75, 3.05) is 13.1 Å². The molecule has 2 heterocycles. The molecule has 94 valence electrons. The maximum atomic E-state index is 12.1. The van der Waals surface area contributed by atoms with Gasteiger partial charge in [-0.25, -0.2) is 0 Å². The van der Waals surface area contributed by atoms with Crippen LogP contribution in [0.1, 0.15) is 36.5 Å². The summed E-state index contributed by atoms with van der Waals surface area (Å²) in [7, 11) is 0. The van der Waals surface area contributed by atoms with Gasteiger partial charge in [-0.05, 0) is 24.8 Å². The van der Waals surface area contributed by atoms with Gasteiger partial charge in [-0.3, -0.25) is 9.89 Å². The van der Waals surface area contributed by atoms with Gasteiger partial charge in [-0.15, -0.1) is 0 Å². The lowest BCUT2D eigenvalue weighted by Gasteiger charge is -2.13. The van der Waals surface area contributed by atoms with Crippen LogP contribution in [0, 0.1) is 5.92 Å². The monoisotopic (exact) mass is 236 g/mol. The number of likely N-dealkylation sites (tertiary alicyclic amines) is 1. The van der Waals surface area contributed by atoms with Gasteiger partial charge >= 0.3 is 0 Å². The molecule has 17 heavy (non-hydrogen) atoms. The summed E-state index contributed by atoms with van der Waals surface area (Å²) in [4.78, 5) is 13.9. The number of nitrogens with zero attached hydrogens (tertiary/aromatic N) is 2. The predicted octanol–water partition coefficient (Wildman–Crippen LogP) is 0.781. The van der Waals surface area contributed by atoms with Crippen LogP contribution in [0.3, 0.4) is 0 Å². The van der Waals surface area contributed by atoms with Crippen molar-refractivity contribution >= 4 is 5.91 Å². The van der Waals surface area contributed by atoms with E-state index in [4.69, 9.17) is 5.73 Å². The molecular weight excluding hydrogens is 216 g/mol. The molecule has 0 bridgehead atoms. The van der Waals surface area contributed by atoms with E-state index in [0.29, 0.717) is 18.2 Å². The number of rotatable bonds is 3. The van der Waals surface area contributed by atoms with E-state index in [0.717, 1.165) is 25.1 Å². The molecule has 1 saturated heterocycles. The second kappa shape index (κ2) is 4.87. The highest BCUT2D eigenvalue weighted by atomic mass is 16.2. The van der Waals surface area contributed by atoms with Crippen molar-refractivity contribution < 1.29 is 4.79 Å². The summed E-state index contributed by atoms with van der Waals surface area (Å²) in [5.74, 6) is 0.544. The zero-order chi connectivity index (χ0) is 12.4. The van der Waals surface area contributed by atoms with Gasteiger partial charge in [0.15, 0.2) is 0 Å². The zero-order valence-corrected chi connectivity index (χ0v) is 10.4. The first-order valence-corrected chi connectivity index (χ1v) is 6.15. The number of aromatic amines is 1. The number of H-pyrrole nitrogens is 1. The third kappa shape index (κ3) is 2.85. The molecule has 0 aromatic carbocycles. The van der Waals surface area contributed by atoms with Crippen LogP contribution in [0.4, 0.5) is 0 Å². The van der Waals surface area contributed by atoms with Gasteiger partial charge in [0.1, 0.15) is 5.69 Å². The fraction of sp³-hybridized carbons (Fsp3) is 0.667. The van der Waals surface area contributed by atoms with Crippen molar-refractivity contribution in [3.8, 4) is 0 Å². The van der Waals surface area contributed by atoms with E-state index in [1.54, 1.807) is 4.90 Å². The van der Waals surface area contributed by atoms with Gasteiger partial charge in [0, 0.05) is 24.8 Å². The zero-order valence-electron chi connectivity index (χ0n) is 10.4. The van der Waals surface area contributed by atoms with Gasteiger partial charge in [-0.1, -0.05) is 13.8 Å². The standard InChI is InChI=1S/C12H20N4O/c1-8(2)5-10-6-11(15-14-10)12(17)16-4-3-9(13)7-16/h6,8-9H,3-5,7,13H2,1-2H3,(H,14,15)/t9-/m0/s1. The minimum Gasteiger partial charge on any atom is -0.336 e. The van der Waals surface area contributed by atoms with E-state index in [2.05, 4.69) is 24.0 Å². The Hall–Kier alpha value is -1.36. The van der Waals surface area contributed by atoms with Crippen molar-refractivity contribution in [3.05, 3.63) is 17.5 Å². The number of nitrogens with one attached hydrogen (secondary N) is 1. The smallest absolute Gasteiger partial charge is 0.274 e. The van der Waals surface area contributed by atoms with Gasteiger partial charge in [0.05, 0.1) is 0 Å². The molecule has 0 aliphatic carbocycles. The Labute approximate surface area is 101 Å². The number of amides is 1. The average Bonchev–Trinajstić information content (AvgIpc) is 2.85. The fourth-order valence-electron chi connectivity index (χ4n) is 2.15. The third-order valence-corrected chi connectivity index (χ3v) is 2.99. The molecule has 1 amide bonds. The van der Waals surface area contributed by atoms with Crippen molar-refractivity contribution in [2.24, 2.45) is 11.7 Å². The second-order valence-corrected chi connectivity index (χ2v) is 5.18. The summed E-state index contributed by atoms with van der Waals surface area (Å²) in [6.45, 7) is 5.67. The Morgan fingerprint density at radius 2 is 2.47 bits per heavy atom. The maximum absolute atomic E-state index is 12.1. The van der Waals surface area contributed by atoms with E-state index in [9.17, 15) is 4.79 Å². The number of hydrogen-bond donors (Lipinski definition) is 2. The Kier molecular flexibility index (Phi) is 3.47. The molecule has 0 radical (unpaired) electrons. The van der Waals surface area contributed by atoms with Crippen LogP contribution < -0.4 is 5.73 Å². The van der Waals surface area contributed by atoms with Crippen LogP contribution in [-0.4, -0.2) is 40.1 Å². The molecule has 1 atom stereocenters. The van der Waals surface area contributed by atoms with Crippen LogP contribution in [0.5, 0.6) is 0 Å². The van der Waals surface area contributed by atoms with E-state index < -0.39 is 0 Å². The highest BCUT2D eigenvalue weighted by Crippen LogP contribution is 2.13. The van der Waals surface area contributed by atoms with E-state index >= 15 is 0 Å². The predicted molar refractivity (Wildman–Crippen MR) is 65.6 cm³/mol. The number of carbonyl (C=O) groups excluding carboxylic acids is 1. The molecule has 0 unspecified atom stereocenters. The lowest BCUT2D eigenvalue weighted by molar-refractivity contribution is 0.0785.